The van der Waals surface area contributed by atoms with Gasteiger partial charge in [-0.1, -0.05) is 19.1 Å². The summed E-state index contributed by atoms with van der Waals surface area (Å²) >= 11 is 0. The Morgan fingerprint density at radius 1 is 1.47 bits per heavy atom. The normalized spacial score (nSPS) is 21.5. The molecule has 4 heteroatoms. The molecule has 100 valence electrons. The van der Waals surface area contributed by atoms with Crippen LogP contribution in [0.15, 0.2) is 24.3 Å². The minimum atomic E-state index is 0.220. The first-order valence-electron chi connectivity index (χ1n) is 6.95. The van der Waals surface area contributed by atoms with Crippen molar-refractivity contribution in [3.63, 3.8) is 0 Å². The summed E-state index contributed by atoms with van der Waals surface area (Å²) in [7, 11) is 0. The van der Waals surface area contributed by atoms with E-state index in [0.717, 1.165) is 42.7 Å². The van der Waals surface area contributed by atoms with E-state index in [0.29, 0.717) is 5.92 Å². The van der Waals surface area contributed by atoms with Crippen LogP contribution < -0.4 is 5.32 Å². The molecule has 3 rings (SSSR count). The van der Waals surface area contributed by atoms with Gasteiger partial charge >= 0.3 is 0 Å². The lowest BCUT2D eigenvalue weighted by Crippen LogP contribution is -2.26. The van der Waals surface area contributed by atoms with Crippen molar-refractivity contribution >= 4 is 16.9 Å². The first kappa shape index (κ1) is 12.2. The largest absolute Gasteiger partial charge is 0.356 e. The van der Waals surface area contributed by atoms with Gasteiger partial charge in [0.05, 0.1) is 11.0 Å². The quantitative estimate of drug-likeness (QED) is 0.807. The third kappa shape index (κ3) is 2.78. The van der Waals surface area contributed by atoms with E-state index >= 15 is 0 Å². The number of amides is 1. The third-order valence-electron chi connectivity index (χ3n) is 3.77. The van der Waals surface area contributed by atoms with Crippen LogP contribution in [0.2, 0.25) is 0 Å². The minimum absolute atomic E-state index is 0.220. The lowest BCUT2D eigenvalue weighted by molar-refractivity contribution is -0.122. The fraction of sp³-hybridized carbons (Fsp3) is 0.467. The van der Waals surface area contributed by atoms with Crippen LogP contribution >= 0.6 is 0 Å². The van der Waals surface area contributed by atoms with Gasteiger partial charge in [0.15, 0.2) is 0 Å². The van der Waals surface area contributed by atoms with E-state index in [1.54, 1.807) is 0 Å². The number of carbonyl (C=O) groups is 1. The first-order chi connectivity index (χ1) is 9.24. The highest BCUT2D eigenvalue weighted by molar-refractivity contribution is 5.81. The van der Waals surface area contributed by atoms with Crippen molar-refractivity contribution < 1.29 is 4.79 Å². The van der Waals surface area contributed by atoms with Crippen LogP contribution in [0.5, 0.6) is 0 Å². The van der Waals surface area contributed by atoms with Crippen LogP contribution in [0.3, 0.4) is 0 Å². The number of nitrogens with zero attached hydrogens (tertiary/aromatic N) is 1. The molecule has 0 aliphatic heterocycles. The molecule has 2 N–H and O–H groups in total. The molecule has 0 saturated heterocycles. The van der Waals surface area contributed by atoms with Crippen molar-refractivity contribution in [3.8, 4) is 0 Å². The molecule has 1 fully saturated rings. The van der Waals surface area contributed by atoms with Crippen LogP contribution in [0.1, 0.15) is 25.6 Å². The Morgan fingerprint density at radius 2 is 2.26 bits per heavy atom. The number of carbonyl (C=O) groups excluding carboxylic acids is 1. The average molecular weight is 257 g/mol. The van der Waals surface area contributed by atoms with Crippen molar-refractivity contribution in [1.82, 2.24) is 15.3 Å². The molecule has 19 heavy (non-hydrogen) atoms. The van der Waals surface area contributed by atoms with Crippen molar-refractivity contribution in [2.24, 2.45) is 11.8 Å². The summed E-state index contributed by atoms with van der Waals surface area (Å²) in [5.74, 6) is 2.06. The standard InChI is InChI=1S/C15H19N3O/c1-10-9-11(10)15(19)16-8-4-7-14-17-12-5-2-3-6-13(12)18-14/h2-3,5-6,10-11H,4,7-9H2,1H3,(H,16,19)(H,17,18). The zero-order chi connectivity index (χ0) is 13.2. The number of nitrogens with one attached hydrogen (secondary N) is 2. The summed E-state index contributed by atoms with van der Waals surface area (Å²) in [4.78, 5) is 19.5. The summed E-state index contributed by atoms with van der Waals surface area (Å²) in [6, 6.07) is 8.03. The van der Waals surface area contributed by atoms with Crippen molar-refractivity contribution in [2.75, 3.05) is 6.54 Å². The summed E-state index contributed by atoms with van der Waals surface area (Å²) in [5.41, 5.74) is 2.08. The molecule has 1 heterocycles. The number of benzene rings is 1. The van der Waals surface area contributed by atoms with E-state index in [9.17, 15) is 4.79 Å². The highest BCUT2D eigenvalue weighted by atomic mass is 16.2. The second-order valence-electron chi connectivity index (χ2n) is 5.41. The molecule has 0 bridgehead atoms. The number of hydrogen-bond donors (Lipinski definition) is 2. The van der Waals surface area contributed by atoms with Gasteiger partial charge in [-0.3, -0.25) is 4.79 Å². The Hall–Kier alpha value is -1.84. The number of aromatic nitrogens is 2. The molecule has 1 aliphatic carbocycles. The molecule has 1 aromatic heterocycles. The van der Waals surface area contributed by atoms with E-state index in [2.05, 4.69) is 22.2 Å². The number of imidazole rings is 1. The van der Waals surface area contributed by atoms with Crippen LogP contribution in [0.25, 0.3) is 11.0 Å². The monoisotopic (exact) mass is 257 g/mol. The van der Waals surface area contributed by atoms with Crippen molar-refractivity contribution in [2.45, 2.75) is 26.2 Å². The summed E-state index contributed by atoms with van der Waals surface area (Å²) < 4.78 is 0. The molecule has 1 amide bonds. The number of hydrogen-bond acceptors (Lipinski definition) is 2. The van der Waals surface area contributed by atoms with Crippen LogP contribution in [0, 0.1) is 11.8 Å². The van der Waals surface area contributed by atoms with Gasteiger partial charge in [-0.05, 0) is 30.9 Å². The number of aromatic amines is 1. The lowest BCUT2D eigenvalue weighted by Gasteiger charge is -2.02. The summed E-state index contributed by atoms with van der Waals surface area (Å²) in [6.45, 7) is 2.86. The SMILES string of the molecule is CC1CC1C(=O)NCCCc1nc2ccccc2[nH]1. The molecular formula is C15H19N3O. The molecule has 1 saturated carbocycles. The van der Waals surface area contributed by atoms with E-state index in [1.807, 2.05) is 24.3 Å². The Labute approximate surface area is 112 Å². The van der Waals surface area contributed by atoms with Gasteiger partial charge in [0.25, 0.3) is 0 Å². The van der Waals surface area contributed by atoms with E-state index in [4.69, 9.17) is 0 Å². The van der Waals surface area contributed by atoms with Crippen LogP contribution in [0.4, 0.5) is 0 Å². The predicted octanol–water partition coefficient (Wildman–Crippen LogP) is 2.27. The van der Waals surface area contributed by atoms with Crippen LogP contribution in [-0.2, 0) is 11.2 Å². The second-order valence-corrected chi connectivity index (χ2v) is 5.41. The number of para-hydroxylation sites is 2. The van der Waals surface area contributed by atoms with Gasteiger partial charge in [-0.25, -0.2) is 4.98 Å². The van der Waals surface area contributed by atoms with E-state index in [1.165, 1.54) is 0 Å². The topological polar surface area (TPSA) is 57.8 Å². The first-order valence-corrected chi connectivity index (χ1v) is 6.95. The zero-order valence-electron chi connectivity index (χ0n) is 11.1. The Morgan fingerprint density at radius 3 is 3.00 bits per heavy atom. The van der Waals surface area contributed by atoms with Gasteiger partial charge in [0.1, 0.15) is 5.82 Å². The number of H-pyrrole nitrogens is 1. The summed E-state index contributed by atoms with van der Waals surface area (Å²) in [6.07, 6.45) is 2.84. The maximum absolute atomic E-state index is 11.6. The Balaban J connectivity index is 1.45. The molecule has 1 aliphatic rings. The highest BCUT2D eigenvalue weighted by Gasteiger charge is 2.38. The maximum atomic E-state index is 11.6. The molecule has 2 aromatic rings. The van der Waals surface area contributed by atoms with Crippen molar-refractivity contribution in [1.29, 1.82) is 0 Å². The molecule has 0 spiro atoms. The van der Waals surface area contributed by atoms with Gasteiger partial charge in [0.2, 0.25) is 5.91 Å². The molecule has 2 atom stereocenters. The number of fused-ring (bicyclic) bond motifs is 1. The molecular weight excluding hydrogens is 238 g/mol. The molecule has 4 nitrogen and oxygen atoms in total. The van der Waals surface area contributed by atoms with E-state index < -0.39 is 0 Å². The Kier molecular flexibility index (Phi) is 3.23. The smallest absolute Gasteiger partial charge is 0.223 e. The maximum Gasteiger partial charge on any atom is 0.223 e. The van der Waals surface area contributed by atoms with Gasteiger partial charge in [0, 0.05) is 18.9 Å². The van der Waals surface area contributed by atoms with Crippen molar-refractivity contribution in [3.05, 3.63) is 30.1 Å². The van der Waals surface area contributed by atoms with E-state index in [-0.39, 0.29) is 11.8 Å². The Bertz CT molecular complexity index is 557. The lowest BCUT2D eigenvalue weighted by atomic mass is 10.2. The number of aryl methyl sites for hydroxylation is 1. The fourth-order valence-corrected chi connectivity index (χ4v) is 2.41. The van der Waals surface area contributed by atoms with Gasteiger partial charge in [-0.15, -0.1) is 0 Å². The molecule has 2 unspecified atom stereocenters. The zero-order valence-corrected chi connectivity index (χ0v) is 11.1. The van der Waals surface area contributed by atoms with Gasteiger partial charge < -0.3 is 10.3 Å². The molecule has 1 aromatic carbocycles. The fourth-order valence-electron chi connectivity index (χ4n) is 2.41. The number of rotatable bonds is 5. The predicted molar refractivity (Wildman–Crippen MR) is 74.7 cm³/mol. The highest BCUT2D eigenvalue weighted by Crippen LogP contribution is 2.37. The second kappa shape index (κ2) is 5.03. The minimum Gasteiger partial charge on any atom is -0.356 e. The third-order valence-corrected chi connectivity index (χ3v) is 3.77. The van der Waals surface area contributed by atoms with Crippen LogP contribution in [-0.4, -0.2) is 22.4 Å². The molecule has 0 radical (unpaired) electrons. The summed E-state index contributed by atoms with van der Waals surface area (Å²) in [5, 5.41) is 3.00. The van der Waals surface area contributed by atoms with Gasteiger partial charge in [-0.2, -0.15) is 0 Å². The average Bonchev–Trinajstić information content (AvgIpc) is 3.00.